The largest absolute Gasteiger partial charge is 0.482 e. The lowest BCUT2D eigenvalue weighted by Gasteiger charge is -2.26. The van der Waals surface area contributed by atoms with Gasteiger partial charge in [0.2, 0.25) is 5.91 Å². The number of carbonyl (C=O) groups is 2. The Labute approximate surface area is 161 Å². The van der Waals surface area contributed by atoms with Gasteiger partial charge in [-0.25, -0.2) is 9.18 Å². The first-order valence-corrected chi connectivity index (χ1v) is 9.62. The van der Waals surface area contributed by atoms with Gasteiger partial charge >= 0.3 is 5.97 Å². The second-order valence-corrected chi connectivity index (χ2v) is 7.09. The third-order valence-corrected chi connectivity index (χ3v) is 5.33. The van der Waals surface area contributed by atoms with Crippen molar-refractivity contribution in [2.24, 2.45) is 0 Å². The SMILES string of the molecule is CCOC(=O)COc1ccc(N2C(=O)CSC2c2ccc(F)cc2)c(C)c1. The number of esters is 1. The number of thioether (sulfide) groups is 1. The van der Waals surface area contributed by atoms with Gasteiger partial charge in [-0.2, -0.15) is 0 Å². The molecule has 7 heteroatoms. The quantitative estimate of drug-likeness (QED) is 0.703. The van der Waals surface area contributed by atoms with E-state index < -0.39 is 5.97 Å². The maximum atomic E-state index is 13.2. The Balaban J connectivity index is 1.80. The van der Waals surface area contributed by atoms with Gasteiger partial charge in [-0.3, -0.25) is 9.69 Å². The molecule has 1 amide bonds. The van der Waals surface area contributed by atoms with E-state index >= 15 is 0 Å². The molecule has 1 aliphatic rings. The molecular formula is C20H20FNO4S. The van der Waals surface area contributed by atoms with Gasteiger partial charge < -0.3 is 9.47 Å². The summed E-state index contributed by atoms with van der Waals surface area (Å²) < 4.78 is 23.5. The summed E-state index contributed by atoms with van der Waals surface area (Å²) in [5.74, 6) is 0.156. The van der Waals surface area contributed by atoms with Crippen LogP contribution in [0.25, 0.3) is 0 Å². The van der Waals surface area contributed by atoms with Crippen LogP contribution in [0.4, 0.5) is 10.1 Å². The average Bonchev–Trinajstić information content (AvgIpc) is 3.02. The topological polar surface area (TPSA) is 55.8 Å². The molecule has 3 rings (SSSR count). The summed E-state index contributed by atoms with van der Waals surface area (Å²) in [4.78, 5) is 25.6. The summed E-state index contributed by atoms with van der Waals surface area (Å²) in [5, 5.41) is -0.205. The summed E-state index contributed by atoms with van der Waals surface area (Å²) >= 11 is 1.51. The van der Waals surface area contributed by atoms with Gasteiger partial charge in [0.05, 0.1) is 12.4 Å². The molecule has 0 aromatic heterocycles. The number of amides is 1. The van der Waals surface area contributed by atoms with Crippen LogP contribution in [0.1, 0.15) is 23.4 Å². The van der Waals surface area contributed by atoms with E-state index in [1.54, 1.807) is 42.2 Å². The highest BCUT2D eigenvalue weighted by Gasteiger charge is 2.34. The van der Waals surface area contributed by atoms with Crippen LogP contribution < -0.4 is 9.64 Å². The number of halogens is 1. The number of aryl methyl sites for hydroxylation is 1. The molecule has 0 spiro atoms. The Morgan fingerprint density at radius 3 is 2.67 bits per heavy atom. The van der Waals surface area contributed by atoms with Crippen molar-refractivity contribution in [2.45, 2.75) is 19.2 Å². The Hall–Kier alpha value is -2.54. The lowest BCUT2D eigenvalue weighted by molar-refractivity contribution is -0.145. The van der Waals surface area contributed by atoms with Gasteiger partial charge in [-0.05, 0) is 55.3 Å². The van der Waals surface area contributed by atoms with Crippen LogP contribution in [0.15, 0.2) is 42.5 Å². The van der Waals surface area contributed by atoms with Crippen LogP contribution >= 0.6 is 11.8 Å². The van der Waals surface area contributed by atoms with E-state index in [9.17, 15) is 14.0 Å². The van der Waals surface area contributed by atoms with Gasteiger partial charge in [0, 0.05) is 5.69 Å². The maximum absolute atomic E-state index is 13.2. The van der Waals surface area contributed by atoms with Crippen LogP contribution in [-0.2, 0) is 14.3 Å². The molecule has 1 unspecified atom stereocenters. The number of hydrogen-bond donors (Lipinski definition) is 0. The van der Waals surface area contributed by atoms with Crippen molar-refractivity contribution in [1.82, 2.24) is 0 Å². The van der Waals surface area contributed by atoms with E-state index in [0.717, 1.165) is 16.8 Å². The maximum Gasteiger partial charge on any atom is 0.344 e. The number of anilines is 1. The van der Waals surface area contributed by atoms with Crippen molar-refractivity contribution in [2.75, 3.05) is 23.9 Å². The van der Waals surface area contributed by atoms with E-state index in [1.165, 1.54) is 23.9 Å². The highest BCUT2D eigenvalue weighted by Crippen LogP contribution is 2.43. The molecule has 27 heavy (non-hydrogen) atoms. The molecule has 0 N–H and O–H groups in total. The predicted molar refractivity (Wildman–Crippen MR) is 102 cm³/mol. The Bertz CT molecular complexity index is 840. The zero-order valence-electron chi connectivity index (χ0n) is 15.1. The Morgan fingerprint density at radius 1 is 1.26 bits per heavy atom. The zero-order valence-corrected chi connectivity index (χ0v) is 15.9. The first-order chi connectivity index (χ1) is 13.0. The molecule has 1 atom stereocenters. The van der Waals surface area contributed by atoms with Crippen molar-refractivity contribution in [3.63, 3.8) is 0 Å². The number of carbonyl (C=O) groups excluding carboxylic acids is 2. The summed E-state index contributed by atoms with van der Waals surface area (Å²) in [6, 6.07) is 11.5. The minimum atomic E-state index is -0.429. The molecule has 0 bridgehead atoms. The number of hydrogen-bond acceptors (Lipinski definition) is 5. The lowest BCUT2D eigenvalue weighted by Crippen LogP contribution is -2.28. The van der Waals surface area contributed by atoms with E-state index in [0.29, 0.717) is 18.1 Å². The molecule has 0 radical (unpaired) electrons. The fraction of sp³-hybridized carbons (Fsp3) is 0.300. The summed E-state index contributed by atoms with van der Waals surface area (Å²) in [5.41, 5.74) is 2.48. The molecule has 2 aromatic carbocycles. The molecular weight excluding hydrogens is 369 g/mol. The first-order valence-electron chi connectivity index (χ1n) is 8.57. The normalized spacial score (nSPS) is 16.5. The molecule has 5 nitrogen and oxygen atoms in total. The monoisotopic (exact) mass is 389 g/mol. The van der Waals surface area contributed by atoms with E-state index in [2.05, 4.69) is 0 Å². The lowest BCUT2D eigenvalue weighted by atomic mass is 10.1. The number of benzene rings is 2. The van der Waals surface area contributed by atoms with Gasteiger partial charge in [-0.15, -0.1) is 11.8 Å². The summed E-state index contributed by atoms with van der Waals surface area (Å²) in [6.07, 6.45) is 0. The van der Waals surface area contributed by atoms with Crippen molar-refractivity contribution in [1.29, 1.82) is 0 Å². The minimum absolute atomic E-state index is 0.00221. The van der Waals surface area contributed by atoms with Crippen LogP contribution in [-0.4, -0.2) is 30.8 Å². The van der Waals surface area contributed by atoms with E-state index in [1.807, 2.05) is 6.92 Å². The van der Waals surface area contributed by atoms with Crippen molar-refractivity contribution in [3.8, 4) is 5.75 Å². The van der Waals surface area contributed by atoms with E-state index in [-0.39, 0.29) is 23.7 Å². The van der Waals surface area contributed by atoms with Crippen LogP contribution in [0.5, 0.6) is 5.75 Å². The van der Waals surface area contributed by atoms with Crippen molar-refractivity contribution >= 4 is 29.3 Å². The van der Waals surface area contributed by atoms with Gasteiger partial charge in [-0.1, -0.05) is 12.1 Å². The second-order valence-electron chi connectivity index (χ2n) is 6.02. The summed E-state index contributed by atoms with van der Waals surface area (Å²) in [6.45, 7) is 3.76. The van der Waals surface area contributed by atoms with Gasteiger partial charge in [0.15, 0.2) is 6.61 Å². The number of ether oxygens (including phenoxy) is 2. The molecule has 1 heterocycles. The average molecular weight is 389 g/mol. The molecule has 0 saturated carbocycles. The molecule has 142 valence electrons. The third kappa shape index (κ3) is 4.42. The van der Waals surface area contributed by atoms with Crippen LogP contribution in [0.3, 0.4) is 0 Å². The van der Waals surface area contributed by atoms with E-state index in [4.69, 9.17) is 9.47 Å². The molecule has 1 aliphatic heterocycles. The fourth-order valence-electron chi connectivity index (χ4n) is 2.89. The molecule has 2 aromatic rings. The molecule has 0 aliphatic carbocycles. The second kappa shape index (κ2) is 8.43. The highest BCUT2D eigenvalue weighted by molar-refractivity contribution is 8.00. The summed E-state index contributed by atoms with van der Waals surface area (Å²) in [7, 11) is 0. The Kier molecular flexibility index (Phi) is 6.01. The predicted octanol–water partition coefficient (Wildman–Crippen LogP) is 3.85. The zero-order chi connectivity index (χ0) is 19.4. The van der Waals surface area contributed by atoms with Crippen LogP contribution in [0.2, 0.25) is 0 Å². The molecule has 1 saturated heterocycles. The van der Waals surface area contributed by atoms with Gasteiger partial charge in [0.25, 0.3) is 0 Å². The van der Waals surface area contributed by atoms with Crippen molar-refractivity contribution in [3.05, 3.63) is 59.4 Å². The molecule has 1 fully saturated rings. The minimum Gasteiger partial charge on any atom is -0.482 e. The highest BCUT2D eigenvalue weighted by atomic mass is 32.2. The standard InChI is InChI=1S/C20H20FNO4S/c1-3-25-19(24)11-26-16-8-9-17(13(2)10-16)22-18(23)12-27-20(22)14-4-6-15(21)7-5-14/h4-10,20H,3,11-12H2,1-2H3. The third-order valence-electron chi connectivity index (χ3n) is 4.11. The van der Waals surface area contributed by atoms with Crippen molar-refractivity contribution < 1.29 is 23.5 Å². The number of rotatable bonds is 6. The Morgan fingerprint density at radius 2 is 2.00 bits per heavy atom. The smallest absolute Gasteiger partial charge is 0.344 e. The fourth-order valence-corrected chi connectivity index (χ4v) is 4.06. The first kappa shape index (κ1) is 19.2. The number of nitrogens with zero attached hydrogens (tertiary/aromatic N) is 1. The van der Waals surface area contributed by atoms with Crippen LogP contribution in [0, 0.1) is 12.7 Å². The van der Waals surface area contributed by atoms with Gasteiger partial charge in [0.1, 0.15) is 16.9 Å².